The maximum absolute atomic E-state index is 12.2. The Hall–Kier alpha value is -3.16. The van der Waals surface area contributed by atoms with E-state index in [2.05, 4.69) is 20.4 Å². The lowest BCUT2D eigenvalue weighted by Gasteiger charge is -2.07. The average molecular weight is 342 g/mol. The van der Waals surface area contributed by atoms with E-state index in [0.717, 1.165) is 0 Å². The van der Waals surface area contributed by atoms with Crippen LogP contribution in [0.5, 0.6) is 5.75 Å². The maximum atomic E-state index is 12.2. The van der Waals surface area contributed by atoms with Crippen LogP contribution in [0.4, 0.5) is 0 Å². The number of oxazole rings is 1. The Morgan fingerprint density at radius 3 is 2.84 bits per heavy atom. The standard InChI is InChI=1S/C17H18N4O4/c1-4-14-19-12(9-24-14)16(22)18-10(2)17-20-15(21-25-17)11-7-5-6-8-13(11)23-3/h5-10H,4H2,1-3H3,(H,18,22)/t10-/m0/s1. The smallest absolute Gasteiger partial charge is 0.273 e. The molecular weight excluding hydrogens is 324 g/mol. The van der Waals surface area contributed by atoms with Gasteiger partial charge >= 0.3 is 0 Å². The first-order valence-electron chi connectivity index (χ1n) is 7.84. The molecule has 3 aromatic rings. The number of methoxy groups -OCH3 is 1. The van der Waals surface area contributed by atoms with Crippen molar-refractivity contribution in [2.75, 3.05) is 7.11 Å². The maximum Gasteiger partial charge on any atom is 0.273 e. The molecule has 0 saturated heterocycles. The number of hydrogen-bond acceptors (Lipinski definition) is 7. The van der Waals surface area contributed by atoms with Crippen LogP contribution in [-0.4, -0.2) is 28.1 Å². The third-order valence-electron chi connectivity index (χ3n) is 3.59. The van der Waals surface area contributed by atoms with E-state index in [1.54, 1.807) is 14.0 Å². The third-order valence-corrected chi connectivity index (χ3v) is 3.59. The molecule has 0 aliphatic heterocycles. The van der Waals surface area contributed by atoms with Gasteiger partial charge in [-0.2, -0.15) is 4.98 Å². The first kappa shape index (κ1) is 16.7. The van der Waals surface area contributed by atoms with Crippen LogP contribution in [0, 0.1) is 0 Å². The number of amides is 1. The number of nitrogens with one attached hydrogen (secondary N) is 1. The van der Waals surface area contributed by atoms with Gasteiger partial charge in [-0.1, -0.05) is 24.2 Å². The molecule has 0 aliphatic carbocycles. The number of ether oxygens (including phenoxy) is 1. The van der Waals surface area contributed by atoms with Gasteiger partial charge < -0.3 is 19.0 Å². The van der Waals surface area contributed by atoms with Gasteiger partial charge in [0.15, 0.2) is 11.6 Å². The van der Waals surface area contributed by atoms with Crippen molar-refractivity contribution in [3.63, 3.8) is 0 Å². The summed E-state index contributed by atoms with van der Waals surface area (Å²) < 4.78 is 15.7. The topological polar surface area (TPSA) is 103 Å². The zero-order chi connectivity index (χ0) is 17.8. The highest BCUT2D eigenvalue weighted by Gasteiger charge is 2.21. The molecule has 0 saturated carbocycles. The molecule has 0 radical (unpaired) electrons. The minimum atomic E-state index is -0.481. The Morgan fingerprint density at radius 1 is 1.32 bits per heavy atom. The van der Waals surface area contributed by atoms with Crippen LogP contribution in [0.3, 0.4) is 0 Å². The van der Waals surface area contributed by atoms with Crippen LogP contribution in [0.2, 0.25) is 0 Å². The summed E-state index contributed by atoms with van der Waals surface area (Å²) in [7, 11) is 1.57. The first-order chi connectivity index (χ1) is 12.1. The number of aryl methyl sites for hydroxylation is 1. The largest absolute Gasteiger partial charge is 0.496 e. The van der Waals surface area contributed by atoms with Crippen LogP contribution in [0.1, 0.15) is 42.2 Å². The second-order valence-electron chi connectivity index (χ2n) is 5.33. The summed E-state index contributed by atoms with van der Waals surface area (Å²) in [5, 5.41) is 6.72. The molecule has 0 spiro atoms. The minimum absolute atomic E-state index is 0.216. The van der Waals surface area contributed by atoms with Gasteiger partial charge in [0.25, 0.3) is 5.91 Å². The predicted molar refractivity (Wildman–Crippen MR) is 88.0 cm³/mol. The molecule has 25 heavy (non-hydrogen) atoms. The molecule has 1 aromatic carbocycles. The zero-order valence-corrected chi connectivity index (χ0v) is 14.1. The van der Waals surface area contributed by atoms with E-state index in [4.69, 9.17) is 13.7 Å². The summed E-state index contributed by atoms with van der Waals surface area (Å²) in [4.78, 5) is 20.6. The molecule has 2 aromatic heterocycles. The lowest BCUT2D eigenvalue weighted by molar-refractivity contribution is 0.0927. The highest BCUT2D eigenvalue weighted by Crippen LogP contribution is 2.27. The van der Waals surface area contributed by atoms with Gasteiger partial charge in [0.1, 0.15) is 18.1 Å². The van der Waals surface area contributed by atoms with Crippen LogP contribution in [-0.2, 0) is 6.42 Å². The van der Waals surface area contributed by atoms with Crippen LogP contribution >= 0.6 is 0 Å². The first-order valence-corrected chi connectivity index (χ1v) is 7.84. The van der Waals surface area contributed by atoms with Gasteiger partial charge in [-0.25, -0.2) is 4.98 Å². The van der Waals surface area contributed by atoms with E-state index in [9.17, 15) is 4.79 Å². The van der Waals surface area contributed by atoms with Crippen molar-refractivity contribution in [1.82, 2.24) is 20.4 Å². The summed E-state index contributed by atoms with van der Waals surface area (Å²) in [6.07, 6.45) is 1.95. The van der Waals surface area contributed by atoms with E-state index in [-0.39, 0.29) is 17.5 Å². The van der Waals surface area contributed by atoms with Crippen molar-refractivity contribution < 1.29 is 18.5 Å². The number of para-hydroxylation sites is 1. The van der Waals surface area contributed by atoms with Crippen molar-refractivity contribution in [1.29, 1.82) is 0 Å². The molecule has 1 amide bonds. The number of carbonyl (C=O) groups excluding carboxylic acids is 1. The number of hydrogen-bond donors (Lipinski definition) is 1. The van der Waals surface area contributed by atoms with E-state index in [1.165, 1.54) is 6.26 Å². The predicted octanol–water partition coefficient (Wildman–Crippen LogP) is 2.79. The Balaban J connectivity index is 1.74. The van der Waals surface area contributed by atoms with Gasteiger partial charge in [-0.3, -0.25) is 4.79 Å². The Morgan fingerprint density at radius 2 is 2.12 bits per heavy atom. The molecular formula is C17H18N4O4. The van der Waals surface area contributed by atoms with E-state index in [0.29, 0.717) is 29.4 Å². The third kappa shape index (κ3) is 3.52. The number of aromatic nitrogens is 3. The lowest BCUT2D eigenvalue weighted by atomic mass is 10.2. The highest BCUT2D eigenvalue weighted by atomic mass is 16.5. The molecule has 1 N–H and O–H groups in total. The van der Waals surface area contributed by atoms with Gasteiger partial charge in [-0.15, -0.1) is 0 Å². The van der Waals surface area contributed by atoms with Gasteiger partial charge in [0, 0.05) is 6.42 Å². The number of rotatable bonds is 6. The Kier molecular flexibility index (Phi) is 4.78. The summed E-state index contributed by atoms with van der Waals surface area (Å²) in [5.74, 6) is 1.46. The van der Waals surface area contributed by atoms with Crippen molar-refractivity contribution in [2.24, 2.45) is 0 Å². The molecule has 0 fully saturated rings. The number of benzene rings is 1. The highest BCUT2D eigenvalue weighted by molar-refractivity contribution is 5.92. The van der Waals surface area contributed by atoms with Crippen molar-refractivity contribution in [2.45, 2.75) is 26.3 Å². The van der Waals surface area contributed by atoms with Crippen molar-refractivity contribution in [3.8, 4) is 17.1 Å². The molecule has 130 valence electrons. The van der Waals surface area contributed by atoms with E-state index in [1.807, 2.05) is 31.2 Å². The monoisotopic (exact) mass is 342 g/mol. The summed E-state index contributed by atoms with van der Waals surface area (Å²) >= 11 is 0. The molecule has 0 bridgehead atoms. The zero-order valence-electron chi connectivity index (χ0n) is 14.1. The molecule has 0 aliphatic rings. The minimum Gasteiger partial charge on any atom is -0.496 e. The van der Waals surface area contributed by atoms with E-state index >= 15 is 0 Å². The molecule has 1 atom stereocenters. The molecule has 8 heteroatoms. The Bertz CT molecular complexity index is 871. The molecule has 0 unspecified atom stereocenters. The summed E-state index contributed by atoms with van der Waals surface area (Å²) in [6.45, 7) is 3.65. The van der Waals surface area contributed by atoms with Crippen LogP contribution in [0.15, 0.2) is 39.5 Å². The quantitative estimate of drug-likeness (QED) is 0.734. The van der Waals surface area contributed by atoms with Crippen LogP contribution in [0.25, 0.3) is 11.4 Å². The molecule has 3 rings (SSSR count). The van der Waals surface area contributed by atoms with E-state index < -0.39 is 6.04 Å². The fourth-order valence-electron chi connectivity index (χ4n) is 2.26. The van der Waals surface area contributed by atoms with Gasteiger partial charge in [0.05, 0.1) is 12.7 Å². The average Bonchev–Trinajstić information content (AvgIpc) is 3.31. The molecule has 2 heterocycles. The van der Waals surface area contributed by atoms with Crippen molar-refractivity contribution >= 4 is 5.91 Å². The van der Waals surface area contributed by atoms with Crippen molar-refractivity contribution in [3.05, 3.63) is 48.0 Å². The number of carbonyl (C=O) groups is 1. The second-order valence-corrected chi connectivity index (χ2v) is 5.33. The Labute approximate surface area is 144 Å². The lowest BCUT2D eigenvalue weighted by Crippen LogP contribution is -2.27. The molecule has 8 nitrogen and oxygen atoms in total. The number of nitrogens with zero attached hydrogens (tertiary/aromatic N) is 3. The van der Waals surface area contributed by atoms with Crippen LogP contribution < -0.4 is 10.1 Å². The second kappa shape index (κ2) is 7.16. The summed E-state index contributed by atoms with van der Waals surface area (Å²) in [5.41, 5.74) is 0.927. The van der Waals surface area contributed by atoms with Gasteiger partial charge in [-0.05, 0) is 19.1 Å². The fourth-order valence-corrected chi connectivity index (χ4v) is 2.26. The fraction of sp³-hybridized carbons (Fsp3) is 0.294. The summed E-state index contributed by atoms with van der Waals surface area (Å²) in [6, 6.07) is 6.87. The van der Waals surface area contributed by atoms with Gasteiger partial charge in [0.2, 0.25) is 11.7 Å². The SMILES string of the molecule is CCc1nc(C(=O)N[C@@H](C)c2nc(-c3ccccc3OC)no2)co1. The normalized spacial score (nSPS) is 12.0.